The van der Waals surface area contributed by atoms with Gasteiger partial charge in [-0.15, -0.1) is 0 Å². The zero-order chi connectivity index (χ0) is 16.1. The van der Waals surface area contributed by atoms with E-state index in [2.05, 4.69) is 0 Å². The van der Waals surface area contributed by atoms with Crippen molar-refractivity contribution in [2.45, 2.75) is 54.8 Å². The molecule has 3 aliphatic heterocycles. The number of rotatable bonds is 2. The molecule has 3 rings (SSSR count). The molecule has 1 spiro atoms. The maximum Gasteiger partial charge on any atom is 0.222 e. The normalized spacial score (nSPS) is 55.4. The van der Waals surface area contributed by atoms with Crippen molar-refractivity contribution in [1.29, 1.82) is 0 Å². The molecule has 3 heterocycles. The van der Waals surface area contributed by atoms with E-state index >= 15 is 0 Å². The Morgan fingerprint density at radius 1 is 0.864 bits per heavy atom. The van der Waals surface area contributed by atoms with Crippen LogP contribution in [0.5, 0.6) is 0 Å². The van der Waals surface area contributed by atoms with Crippen LogP contribution in [0, 0.1) is 0 Å². The Morgan fingerprint density at radius 2 is 1.55 bits per heavy atom. The summed E-state index contributed by atoms with van der Waals surface area (Å²) in [5, 5.41) is 58.1. The lowest BCUT2D eigenvalue weighted by Gasteiger charge is -2.49. The van der Waals surface area contributed by atoms with Crippen LogP contribution >= 0.6 is 0 Å². The van der Waals surface area contributed by atoms with E-state index in [-0.39, 0.29) is 6.61 Å². The third-order valence-corrected chi connectivity index (χ3v) is 4.29. The molecule has 6 N–H and O–H groups in total. The maximum absolute atomic E-state index is 10.1. The highest BCUT2D eigenvalue weighted by molar-refractivity contribution is 5.01. The standard InChI is InChI=1S/C12H20O10/c13-1-4-6(15)8(17)9-11(20-4)19-3-12(22-9)10(18)7(16)5(2-14)21-12/h4-11,13-18H,1-3H2/t4-,5-,6-,7-,8+,9+,10+,11+,12+/m1/s1. The molecule has 0 amide bonds. The molecular formula is C12H20O10. The van der Waals surface area contributed by atoms with Gasteiger partial charge in [0.2, 0.25) is 5.79 Å². The second-order valence-electron chi connectivity index (χ2n) is 5.69. The quantitative estimate of drug-likeness (QED) is 0.293. The van der Waals surface area contributed by atoms with E-state index in [1.807, 2.05) is 0 Å². The van der Waals surface area contributed by atoms with Gasteiger partial charge in [0.05, 0.1) is 13.2 Å². The molecule has 0 aliphatic carbocycles. The second-order valence-corrected chi connectivity index (χ2v) is 5.69. The van der Waals surface area contributed by atoms with Gasteiger partial charge in [0.1, 0.15) is 49.3 Å². The van der Waals surface area contributed by atoms with Crippen LogP contribution in [0.1, 0.15) is 0 Å². The number of hydrogen-bond donors (Lipinski definition) is 6. The highest BCUT2D eigenvalue weighted by Gasteiger charge is 2.62. The molecule has 9 atom stereocenters. The van der Waals surface area contributed by atoms with E-state index in [1.54, 1.807) is 0 Å². The number of aliphatic hydroxyl groups is 6. The molecule has 10 heteroatoms. The molecule has 3 saturated heterocycles. The fourth-order valence-electron chi connectivity index (χ4n) is 3.00. The van der Waals surface area contributed by atoms with Gasteiger partial charge < -0.3 is 49.6 Å². The van der Waals surface area contributed by atoms with Crippen molar-refractivity contribution in [1.82, 2.24) is 0 Å². The van der Waals surface area contributed by atoms with Gasteiger partial charge in [-0.2, -0.15) is 0 Å². The second kappa shape index (κ2) is 5.91. The Morgan fingerprint density at radius 3 is 2.14 bits per heavy atom. The fourth-order valence-corrected chi connectivity index (χ4v) is 3.00. The summed E-state index contributed by atoms with van der Waals surface area (Å²) in [4.78, 5) is 0. The molecule has 3 fully saturated rings. The van der Waals surface area contributed by atoms with E-state index in [9.17, 15) is 20.4 Å². The summed E-state index contributed by atoms with van der Waals surface area (Å²) >= 11 is 0. The Balaban J connectivity index is 1.78. The first-order chi connectivity index (χ1) is 10.4. The van der Waals surface area contributed by atoms with Crippen LogP contribution in [0.15, 0.2) is 0 Å². The Labute approximate surface area is 125 Å². The monoisotopic (exact) mass is 324 g/mol. The van der Waals surface area contributed by atoms with Crippen molar-refractivity contribution in [3.05, 3.63) is 0 Å². The summed E-state index contributed by atoms with van der Waals surface area (Å²) < 4.78 is 21.6. The number of fused-ring (bicyclic) bond motifs is 1. The van der Waals surface area contributed by atoms with Crippen LogP contribution in [0.4, 0.5) is 0 Å². The van der Waals surface area contributed by atoms with Crippen LogP contribution in [0.3, 0.4) is 0 Å². The minimum Gasteiger partial charge on any atom is -0.394 e. The van der Waals surface area contributed by atoms with Gasteiger partial charge in [0.15, 0.2) is 6.29 Å². The van der Waals surface area contributed by atoms with E-state index in [4.69, 9.17) is 29.2 Å². The molecular weight excluding hydrogens is 304 g/mol. The summed E-state index contributed by atoms with van der Waals surface area (Å²) in [6.07, 6.45) is -10.1. The number of aliphatic hydroxyl groups excluding tert-OH is 6. The smallest absolute Gasteiger partial charge is 0.222 e. The largest absolute Gasteiger partial charge is 0.394 e. The highest BCUT2D eigenvalue weighted by Crippen LogP contribution is 2.40. The Hall–Kier alpha value is -0.400. The number of hydrogen-bond acceptors (Lipinski definition) is 10. The first kappa shape index (κ1) is 16.5. The van der Waals surface area contributed by atoms with Crippen LogP contribution in [0.25, 0.3) is 0 Å². The van der Waals surface area contributed by atoms with Crippen LogP contribution in [-0.4, -0.2) is 105 Å². The third-order valence-electron chi connectivity index (χ3n) is 4.29. The molecule has 0 unspecified atom stereocenters. The molecule has 10 nitrogen and oxygen atoms in total. The SMILES string of the molecule is OC[C@H]1O[C@]2(CO[C@H]3O[C@H](CO)[C@@H](O)[C@H](O)[C@@H]3O2)[C@@H](O)[C@@H]1O. The highest BCUT2D eigenvalue weighted by atomic mass is 16.8. The third kappa shape index (κ3) is 2.36. The molecule has 0 bridgehead atoms. The molecule has 3 aliphatic rings. The van der Waals surface area contributed by atoms with Gasteiger partial charge in [0.25, 0.3) is 0 Å². The summed E-state index contributed by atoms with van der Waals surface area (Å²) in [6, 6.07) is 0. The number of ether oxygens (including phenoxy) is 4. The van der Waals surface area contributed by atoms with E-state index in [1.165, 1.54) is 0 Å². The molecule has 0 radical (unpaired) electrons. The van der Waals surface area contributed by atoms with Gasteiger partial charge in [-0.1, -0.05) is 0 Å². The average molecular weight is 324 g/mol. The molecule has 0 aromatic heterocycles. The van der Waals surface area contributed by atoms with Crippen LogP contribution < -0.4 is 0 Å². The fraction of sp³-hybridized carbons (Fsp3) is 1.00. The van der Waals surface area contributed by atoms with Gasteiger partial charge in [-0.3, -0.25) is 0 Å². The summed E-state index contributed by atoms with van der Waals surface area (Å²) in [7, 11) is 0. The van der Waals surface area contributed by atoms with Crippen molar-refractivity contribution in [3.8, 4) is 0 Å². The van der Waals surface area contributed by atoms with Crippen LogP contribution in [-0.2, 0) is 18.9 Å². The Kier molecular flexibility index (Phi) is 4.42. The zero-order valence-electron chi connectivity index (χ0n) is 11.6. The van der Waals surface area contributed by atoms with Crippen molar-refractivity contribution >= 4 is 0 Å². The van der Waals surface area contributed by atoms with Crippen LogP contribution in [0.2, 0.25) is 0 Å². The van der Waals surface area contributed by atoms with Crippen molar-refractivity contribution in [3.63, 3.8) is 0 Å². The van der Waals surface area contributed by atoms with Crippen molar-refractivity contribution in [2.75, 3.05) is 19.8 Å². The van der Waals surface area contributed by atoms with E-state index in [0.717, 1.165) is 0 Å². The van der Waals surface area contributed by atoms with E-state index in [0.29, 0.717) is 0 Å². The lowest BCUT2D eigenvalue weighted by Crippen LogP contribution is -2.67. The van der Waals surface area contributed by atoms with Gasteiger partial charge in [-0.05, 0) is 0 Å². The van der Waals surface area contributed by atoms with Gasteiger partial charge in [0, 0.05) is 0 Å². The molecule has 22 heavy (non-hydrogen) atoms. The first-order valence-corrected chi connectivity index (χ1v) is 7.00. The maximum atomic E-state index is 10.1. The van der Waals surface area contributed by atoms with Crippen molar-refractivity contribution in [2.24, 2.45) is 0 Å². The minimum absolute atomic E-state index is 0.316. The summed E-state index contributed by atoms with van der Waals surface area (Å²) in [6.45, 7) is -1.37. The zero-order valence-corrected chi connectivity index (χ0v) is 11.6. The summed E-state index contributed by atoms with van der Waals surface area (Å²) in [5.41, 5.74) is 0. The molecule has 0 aromatic rings. The molecule has 0 aromatic carbocycles. The van der Waals surface area contributed by atoms with E-state index < -0.39 is 68.0 Å². The average Bonchev–Trinajstić information content (AvgIpc) is 2.76. The molecule has 128 valence electrons. The van der Waals surface area contributed by atoms with Crippen molar-refractivity contribution < 1.29 is 49.6 Å². The van der Waals surface area contributed by atoms with Gasteiger partial charge in [-0.25, -0.2) is 0 Å². The van der Waals surface area contributed by atoms with Gasteiger partial charge >= 0.3 is 0 Å². The predicted molar refractivity (Wildman–Crippen MR) is 65.3 cm³/mol. The Bertz CT molecular complexity index is 405. The topological polar surface area (TPSA) is 158 Å². The minimum atomic E-state index is -1.77. The summed E-state index contributed by atoms with van der Waals surface area (Å²) in [5.74, 6) is -1.77. The first-order valence-electron chi connectivity index (χ1n) is 7.00. The lowest BCUT2D eigenvalue weighted by atomic mass is 9.97. The lowest BCUT2D eigenvalue weighted by molar-refractivity contribution is -0.420. The predicted octanol–water partition coefficient (Wildman–Crippen LogP) is -4.35. The molecule has 0 saturated carbocycles.